The Morgan fingerprint density at radius 3 is 2.97 bits per heavy atom. The van der Waals surface area contributed by atoms with E-state index in [1.54, 1.807) is 20.9 Å². The Kier molecular flexibility index (Phi) is 8.30. The van der Waals surface area contributed by atoms with Crippen LogP contribution in [0.2, 0.25) is 0 Å². The third kappa shape index (κ3) is 6.01. The molecule has 2 aromatic rings. The van der Waals surface area contributed by atoms with Crippen LogP contribution in [0.25, 0.3) is 11.2 Å². The van der Waals surface area contributed by atoms with Gasteiger partial charge in [-0.1, -0.05) is 13.8 Å². The Labute approximate surface area is 194 Å². The zero-order chi connectivity index (χ0) is 24.2. The highest BCUT2D eigenvalue weighted by Crippen LogP contribution is 2.44. The third-order valence-electron chi connectivity index (χ3n) is 4.82. The van der Waals surface area contributed by atoms with E-state index in [0.717, 1.165) is 0 Å². The van der Waals surface area contributed by atoms with Crippen molar-refractivity contribution in [2.75, 3.05) is 25.6 Å². The lowest BCUT2D eigenvalue weighted by Gasteiger charge is -2.22. The topological polar surface area (TPSA) is 176 Å². The molecule has 15 heteroatoms. The van der Waals surface area contributed by atoms with Crippen molar-refractivity contribution in [2.45, 2.75) is 45.1 Å². The van der Waals surface area contributed by atoms with Gasteiger partial charge in [-0.25, -0.2) is 10.1 Å². The normalized spacial score (nSPS) is 22.4. The summed E-state index contributed by atoms with van der Waals surface area (Å²) in [7, 11) is 1.61. The summed E-state index contributed by atoms with van der Waals surface area (Å²) >= 11 is 5.36. The number of ether oxygens (including phenoxy) is 1. The largest absolute Gasteiger partial charge is 0.388 e. The van der Waals surface area contributed by atoms with E-state index in [1.807, 2.05) is 6.07 Å². The SMILES string of the molecule is CNP(=S)(OCCC#N)OC[C@@H]1C[C@@H](O)[C@H](n2cnc3c(=O)[nH]c(NC(=O)C(C)C)nc32)O1. The molecule has 0 saturated carbocycles. The van der Waals surface area contributed by atoms with E-state index in [0.29, 0.717) is 0 Å². The maximum absolute atomic E-state index is 12.4. The van der Waals surface area contributed by atoms with Gasteiger partial charge in [-0.15, -0.1) is 0 Å². The zero-order valence-corrected chi connectivity index (χ0v) is 20.1. The van der Waals surface area contributed by atoms with Crippen molar-refractivity contribution in [3.8, 4) is 6.07 Å². The van der Waals surface area contributed by atoms with Crippen molar-refractivity contribution in [1.29, 1.82) is 5.26 Å². The number of amides is 1. The highest BCUT2D eigenvalue weighted by atomic mass is 32.5. The first-order valence-electron chi connectivity index (χ1n) is 10.2. The van der Waals surface area contributed by atoms with Gasteiger partial charge in [0.05, 0.1) is 38.1 Å². The van der Waals surface area contributed by atoms with Gasteiger partial charge < -0.3 is 18.9 Å². The minimum Gasteiger partial charge on any atom is -0.388 e. The lowest BCUT2D eigenvalue weighted by molar-refractivity contribution is -0.118. The van der Waals surface area contributed by atoms with Crippen LogP contribution in [0.1, 0.15) is 32.9 Å². The Bertz CT molecular complexity index is 1150. The van der Waals surface area contributed by atoms with Crippen LogP contribution in [-0.4, -0.2) is 63.0 Å². The van der Waals surface area contributed by atoms with Crippen molar-refractivity contribution < 1.29 is 23.7 Å². The molecule has 4 N–H and O–H groups in total. The van der Waals surface area contributed by atoms with Crippen LogP contribution in [0.15, 0.2) is 11.1 Å². The number of anilines is 1. The van der Waals surface area contributed by atoms with Crippen LogP contribution in [0, 0.1) is 17.2 Å². The molecule has 180 valence electrons. The van der Waals surface area contributed by atoms with E-state index in [9.17, 15) is 14.7 Å². The van der Waals surface area contributed by atoms with Gasteiger partial charge >= 0.3 is 0 Å². The summed E-state index contributed by atoms with van der Waals surface area (Å²) in [6, 6.07) is 1.97. The molecule has 0 aromatic carbocycles. The van der Waals surface area contributed by atoms with Gasteiger partial charge in [0.15, 0.2) is 17.4 Å². The molecule has 0 bridgehead atoms. The zero-order valence-electron chi connectivity index (χ0n) is 18.3. The van der Waals surface area contributed by atoms with Crippen LogP contribution in [0.5, 0.6) is 0 Å². The Morgan fingerprint density at radius 1 is 1.55 bits per heavy atom. The van der Waals surface area contributed by atoms with Crippen molar-refractivity contribution in [2.24, 2.45) is 5.92 Å². The lowest BCUT2D eigenvalue weighted by Crippen LogP contribution is -2.23. The number of carbonyl (C=O) groups excluding carboxylic acids is 1. The molecule has 1 fully saturated rings. The van der Waals surface area contributed by atoms with Gasteiger partial charge in [-0.2, -0.15) is 10.2 Å². The summed E-state index contributed by atoms with van der Waals surface area (Å²) in [6.07, 6.45) is -0.553. The maximum Gasteiger partial charge on any atom is 0.280 e. The van der Waals surface area contributed by atoms with Crippen LogP contribution in [0.3, 0.4) is 0 Å². The number of aromatic amines is 1. The van der Waals surface area contributed by atoms with Crippen LogP contribution in [0.4, 0.5) is 5.95 Å². The van der Waals surface area contributed by atoms with E-state index in [-0.39, 0.29) is 55.0 Å². The number of rotatable bonds is 10. The molecule has 1 aliphatic heterocycles. The van der Waals surface area contributed by atoms with E-state index < -0.39 is 30.6 Å². The van der Waals surface area contributed by atoms with E-state index in [4.69, 9.17) is 30.9 Å². The Morgan fingerprint density at radius 2 is 2.30 bits per heavy atom. The molecule has 3 rings (SSSR count). The number of hydrogen-bond acceptors (Lipinski definition) is 10. The number of carbonyl (C=O) groups is 1. The van der Waals surface area contributed by atoms with Crippen LogP contribution >= 0.6 is 6.64 Å². The molecule has 0 aliphatic carbocycles. The average molecular weight is 499 g/mol. The quantitative estimate of drug-likeness (QED) is 0.268. The molecule has 13 nitrogen and oxygen atoms in total. The van der Waals surface area contributed by atoms with E-state index in [2.05, 4.69) is 25.4 Å². The van der Waals surface area contributed by atoms with Gasteiger partial charge in [0, 0.05) is 12.3 Å². The first kappa shape index (κ1) is 25.4. The number of aliphatic hydroxyl groups excluding tert-OH is 1. The standard InChI is InChI=1S/C18H26N7O6PS/c1-10(2)15(27)23-18-22-14-13(16(28)24-18)21-9-25(14)17-12(26)7-11(31-17)8-30-32(33,20-3)29-6-4-5-19/h9-12,17,26H,4,6-8H2,1-3H3,(H,20,33)(H2,22,23,24,27,28)/t11-,12+,17+,32?/m0/s1. The molecular weight excluding hydrogens is 473 g/mol. The fourth-order valence-corrected chi connectivity index (χ4v) is 4.51. The summed E-state index contributed by atoms with van der Waals surface area (Å²) in [4.78, 5) is 35.2. The molecule has 2 aromatic heterocycles. The molecule has 1 aliphatic rings. The number of nitrogens with one attached hydrogen (secondary N) is 3. The van der Waals surface area contributed by atoms with Gasteiger partial charge in [0.2, 0.25) is 11.9 Å². The number of nitriles is 1. The highest BCUT2D eigenvalue weighted by Gasteiger charge is 2.37. The number of aliphatic hydroxyl groups is 1. The summed E-state index contributed by atoms with van der Waals surface area (Å²) in [6.45, 7) is 0.813. The number of H-pyrrole nitrogens is 1. The van der Waals surface area contributed by atoms with Crippen molar-refractivity contribution in [3.05, 3.63) is 16.7 Å². The fraction of sp³-hybridized carbons (Fsp3) is 0.611. The molecular formula is C18H26N7O6PS. The molecule has 1 saturated heterocycles. The lowest BCUT2D eigenvalue weighted by atomic mass is 10.2. The second-order valence-electron chi connectivity index (χ2n) is 7.59. The fourth-order valence-electron chi connectivity index (χ4n) is 3.08. The monoisotopic (exact) mass is 499 g/mol. The smallest absolute Gasteiger partial charge is 0.280 e. The van der Waals surface area contributed by atoms with Gasteiger partial charge in [0.1, 0.15) is 6.10 Å². The molecule has 1 unspecified atom stereocenters. The number of imidazole rings is 1. The highest BCUT2D eigenvalue weighted by molar-refractivity contribution is 8.08. The molecule has 0 spiro atoms. The van der Waals surface area contributed by atoms with Gasteiger partial charge in [-0.05, 0) is 18.9 Å². The molecule has 3 heterocycles. The predicted octanol–water partition coefficient (Wildman–Crippen LogP) is 0.753. The minimum atomic E-state index is -2.80. The van der Waals surface area contributed by atoms with E-state index >= 15 is 0 Å². The summed E-state index contributed by atoms with van der Waals surface area (Å²) < 4.78 is 18.6. The molecule has 0 radical (unpaired) electrons. The molecule has 33 heavy (non-hydrogen) atoms. The Hall–Kier alpha value is -2.24. The van der Waals surface area contributed by atoms with Crippen molar-refractivity contribution in [1.82, 2.24) is 24.6 Å². The van der Waals surface area contributed by atoms with Gasteiger partial charge in [0.25, 0.3) is 12.2 Å². The summed E-state index contributed by atoms with van der Waals surface area (Å²) in [5.41, 5.74) is -0.331. The third-order valence-corrected chi connectivity index (χ3v) is 7.56. The van der Waals surface area contributed by atoms with Crippen molar-refractivity contribution >= 4 is 41.5 Å². The van der Waals surface area contributed by atoms with Crippen LogP contribution in [-0.2, 0) is 30.4 Å². The second-order valence-corrected chi connectivity index (χ2v) is 11.0. The maximum atomic E-state index is 12.4. The second kappa shape index (κ2) is 10.8. The molecule has 1 amide bonds. The van der Waals surface area contributed by atoms with Crippen LogP contribution < -0.4 is 16.0 Å². The molecule has 4 atom stereocenters. The minimum absolute atomic E-state index is 0.0236. The van der Waals surface area contributed by atoms with Crippen molar-refractivity contribution in [3.63, 3.8) is 0 Å². The number of nitrogens with zero attached hydrogens (tertiary/aromatic N) is 4. The first-order chi connectivity index (χ1) is 15.7. The average Bonchev–Trinajstić information content (AvgIpc) is 3.35. The summed E-state index contributed by atoms with van der Waals surface area (Å²) in [5.74, 6) is -0.641. The number of aromatic nitrogens is 4. The number of hydrogen-bond donors (Lipinski definition) is 4. The summed E-state index contributed by atoms with van der Waals surface area (Å²) in [5, 5.41) is 24.6. The van der Waals surface area contributed by atoms with Gasteiger partial charge in [-0.3, -0.25) is 24.5 Å². The first-order valence-corrected chi connectivity index (χ1v) is 12.9. The predicted molar refractivity (Wildman–Crippen MR) is 122 cm³/mol. The number of fused-ring (bicyclic) bond motifs is 1. The Balaban J connectivity index is 1.74. The van der Waals surface area contributed by atoms with E-state index in [1.165, 1.54) is 10.9 Å².